The summed E-state index contributed by atoms with van der Waals surface area (Å²) in [5.74, 6) is -0.760. The van der Waals surface area contributed by atoms with Crippen molar-refractivity contribution in [2.24, 2.45) is 0 Å². The van der Waals surface area contributed by atoms with Crippen LogP contribution in [0.1, 0.15) is 27.6 Å². The van der Waals surface area contributed by atoms with E-state index in [4.69, 9.17) is 0 Å². The predicted octanol–water partition coefficient (Wildman–Crippen LogP) is 2.41. The summed E-state index contributed by atoms with van der Waals surface area (Å²) < 4.78 is 0. The van der Waals surface area contributed by atoms with E-state index in [1.54, 1.807) is 43.3 Å². The Morgan fingerprint density at radius 2 is 1.59 bits per heavy atom. The summed E-state index contributed by atoms with van der Waals surface area (Å²) in [5.41, 5.74) is 6.26. The minimum atomic E-state index is -0.488. The standard InChI is InChI=1S/C17H16N2O3/c1-12(11-16(21)13-7-3-2-4-8-13)18-19-17(22)14-9-5-6-10-15(14)20/h2-11,18,20H,1H3,(H,19,22)/b12-11+. The lowest BCUT2D eigenvalue weighted by atomic mass is 10.1. The van der Waals surface area contributed by atoms with Crippen molar-refractivity contribution in [1.82, 2.24) is 10.9 Å². The number of hydrogen-bond acceptors (Lipinski definition) is 4. The summed E-state index contributed by atoms with van der Waals surface area (Å²) >= 11 is 0. The van der Waals surface area contributed by atoms with Gasteiger partial charge in [-0.1, -0.05) is 42.5 Å². The molecule has 2 aromatic rings. The van der Waals surface area contributed by atoms with Gasteiger partial charge in [0.1, 0.15) is 5.75 Å². The van der Waals surface area contributed by atoms with Gasteiger partial charge in [0.25, 0.3) is 5.91 Å². The topological polar surface area (TPSA) is 78.4 Å². The van der Waals surface area contributed by atoms with E-state index >= 15 is 0 Å². The lowest BCUT2D eigenvalue weighted by molar-refractivity contribution is 0.0934. The first kappa shape index (κ1) is 15.3. The van der Waals surface area contributed by atoms with Crippen molar-refractivity contribution in [1.29, 1.82) is 0 Å². The van der Waals surface area contributed by atoms with Crippen LogP contribution in [0.3, 0.4) is 0 Å². The van der Waals surface area contributed by atoms with Crippen LogP contribution in [0.2, 0.25) is 0 Å². The molecule has 0 bridgehead atoms. The van der Waals surface area contributed by atoms with Gasteiger partial charge in [-0.25, -0.2) is 0 Å². The number of phenolic OH excluding ortho intramolecular Hbond substituents is 1. The minimum absolute atomic E-state index is 0.108. The molecule has 0 aliphatic carbocycles. The smallest absolute Gasteiger partial charge is 0.273 e. The van der Waals surface area contributed by atoms with Gasteiger partial charge >= 0.3 is 0 Å². The average molecular weight is 296 g/mol. The molecule has 0 spiro atoms. The number of aromatic hydroxyl groups is 1. The Labute approximate surface area is 128 Å². The maximum Gasteiger partial charge on any atom is 0.273 e. The Morgan fingerprint density at radius 3 is 2.27 bits per heavy atom. The molecule has 0 atom stereocenters. The molecule has 112 valence electrons. The second kappa shape index (κ2) is 7.08. The number of allylic oxidation sites excluding steroid dienone is 2. The molecule has 0 aliphatic heterocycles. The zero-order valence-electron chi connectivity index (χ0n) is 12.0. The van der Waals surface area contributed by atoms with Gasteiger partial charge in [-0.05, 0) is 19.1 Å². The predicted molar refractivity (Wildman–Crippen MR) is 83.2 cm³/mol. The molecule has 0 aromatic heterocycles. The zero-order chi connectivity index (χ0) is 15.9. The average Bonchev–Trinajstić information content (AvgIpc) is 2.54. The summed E-state index contributed by atoms with van der Waals surface area (Å²) in [6, 6.07) is 15.0. The number of benzene rings is 2. The van der Waals surface area contributed by atoms with Gasteiger partial charge in [0.2, 0.25) is 0 Å². The maximum atomic E-state index is 12.0. The van der Waals surface area contributed by atoms with Gasteiger partial charge in [0.15, 0.2) is 5.78 Å². The first-order valence-electron chi connectivity index (χ1n) is 6.70. The van der Waals surface area contributed by atoms with E-state index < -0.39 is 5.91 Å². The number of amides is 1. The Balaban J connectivity index is 1.97. The van der Waals surface area contributed by atoms with Gasteiger partial charge in [-0.2, -0.15) is 0 Å². The fourth-order valence-electron chi connectivity index (χ4n) is 1.81. The van der Waals surface area contributed by atoms with Crippen LogP contribution >= 0.6 is 0 Å². The molecule has 5 nitrogen and oxygen atoms in total. The third-order valence-corrected chi connectivity index (χ3v) is 2.93. The highest BCUT2D eigenvalue weighted by atomic mass is 16.3. The summed E-state index contributed by atoms with van der Waals surface area (Å²) in [6.45, 7) is 1.66. The number of hydrogen-bond donors (Lipinski definition) is 3. The van der Waals surface area contributed by atoms with Crippen LogP contribution in [0, 0.1) is 0 Å². The normalized spacial score (nSPS) is 10.9. The second-order valence-corrected chi connectivity index (χ2v) is 4.65. The molecule has 0 saturated carbocycles. The van der Waals surface area contributed by atoms with Crippen molar-refractivity contribution in [2.75, 3.05) is 0 Å². The van der Waals surface area contributed by atoms with Crippen molar-refractivity contribution >= 4 is 11.7 Å². The quantitative estimate of drug-likeness (QED) is 0.450. The number of carbonyl (C=O) groups excluding carboxylic acids is 2. The molecule has 1 amide bonds. The van der Waals surface area contributed by atoms with Crippen molar-refractivity contribution in [3.8, 4) is 5.75 Å². The number of nitrogens with one attached hydrogen (secondary N) is 2. The molecule has 0 unspecified atom stereocenters. The lowest BCUT2D eigenvalue weighted by Gasteiger charge is -2.09. The van der Waals surface area contributed by atoms with Gasteiger partial charge < -0.3 is 10.5 Å². The summed E-state index contributed by atoms with van der Waals surface area (Å²) in [6.07, 6.45) is 1.39. The first-order chi connectivity index (χ1) is 10.6. The number of ketones is 1. The van der Waals surface area contributed by atoms with Gasteiger partial charge in [0, 0.05) is 17.3 Å². The third kappa shape index (κ3) is 3.96. The Kier molecular flexibility index (Phi) is 4.93. The van der Waals surface area contributed by atoms with Crippen LogP contribution in [-0.2, 0) is 0 Å². The molecule has 3 N–H and O–H groups in total. The molecule has 5 heteroatoms. The SMILES string of the molecule is C/C(=C\C(=O)c1ccccc1)NNC(=O)c1ccccc1O. The summed E-state index contributed by atoms with van der Waals surface area (Å²) in [5, 5.41) is 9.58. The second-order valence-electron chi connectivity index (χ2n) is 4.65. The molecule has 0 saturated heterocycles. The van der Waals surface area contributed by atoms with Gasteiger partial charge in [0.05, 0.1) is 5.56 Å². The molecule has 0 heterocycles. The van der Waals surface area contributed by atoms with Crippen molar-refractivity contribution in [3.05, 3.63) is 77.5 Å². The number of rotatable bonds is 5. The Hall–Kier alpha value is -3.08. The van der Waals surface area contributed by atoms with Crippen molar-refractivity contribution in [2.45, 2.75) is 6.92 Å². The minimum Gasteiger partial charge on any atom is -0.507 e. The largest absolute Gasteiger partial charge is 0.507 e. The van der Waals surface area contributed by atoms with Crippen LogP contribution in [0.25, 0.3) is 0 Å². The van der Waals surface area contributed by atoms with E-state index in [9.17, 15) is 14.7 Å². The first-order valence-corrected chi connectivity index (χ1v) is 6.70. The lowest BCUT2D eigenvalue weighted by Crippen LogP contribution is -2.36. The molecule has 22 heavy (non-hydrogen) atoms. The monoisotopic (exact) mass is 296 g/mol. The van der Waals surface area contributed by atoms with E-state index in [2.05, 4.69) is 10.9 Å². The molecular weight excluding hydrogens is 280 g/mol. The van der Waals surface area contributed by atoms with Gasteiger partial charge in [-0.3, -0.25) is 15.0 Å². The van der Waals surface area contributed by atoms with E-state index in [-0.39, 0.29) is 17.1 Å². The highest BCUT2D eigenvalue weighted by Gasteiger charge is 2.09. The van der Waals surface area contributed by atoms with Crippen LogP contribution in [0.4, 0.5) is 0 Å². The molecule has 2 rings (SSSR count). The Bertz CT molecular complexity index is 709. The third-order valence-electron chi connectivity index (χ3n) is 2.93. The number of phenols is 1. The highest BCUT2D eigenvalue weighted by molar-refractivity contribution is 6.04. The van der Waals surface area contributed by atoms with Crippen molar-refractivity contribution < 1.29 is 14.7 Å². The fourth-order valence-corrected chi connectivity index (χ4v) is 1.81. The summed E-state index contributed by atoms with van der Waals surface area (Å²) in [4.78, 5) is 23.8. The Morgan fingerprint density at radius 1 is 0.955 bits per heavy atom. The van der Waals surface area contributed by atoms with Crippen LogP contribution in [0.15, 0.2) is 66.4 Å². The van der Waals surface area contributed by atoms with E-state index in [1.165, 1.54) is 18.2 Å². The van der Waals surface area contributed by atoms with E-state index in [0.717, 1.165) is 0 Å². The zero-order valence-corrected chi connectivity index (χ0v) is 12.0. The van der Waals surface area contributed by atoms with E-state index in [0.29, 0.717) is 11.3 Å². The van der Waals surface area contributed by atoms with Crippen molar-refractivity contribution in [3.63, 3.8) is 0 Å². The van der Waals surface area contributed by atoms with Crippen LogP contribution < -0.4 is 10.9 Å². The molecular formula is C17H16N2O3. The molecule has 0 aliphatic rings. The van der Waals surface area contributed by atoms with Gasteiger partial charge in [-0.15, -0.1) is 0 Å². The number of hydrazine groups is 1. The maximum absolute atomic E-state index is 12.0. The number of carbonyl (C=O) groups is 2. The fraction of sp³-hybridized carbons (Fsp3) is 0.0588. The van der Waals surface area contributed by atoms with Crippen LogP contribution in [0.5, 0.6) is 5.75 Å². The molecule has 0 radical (unpaired) electrons. The highest BCUT2D eigenvalue weighted by Crippen LogP contribution is 2.14. The number of para-hydroxylation sites is 1. The van der Waals surface area contributed by atoms with E-state index in [1.807, 2.05) is 6.07 Å². The summed E-state index contributed by atoms with van der Waals surface area (Å²) in [7, 11) is 0. The molecule has 2 aromatic carbocycles. The molecule has 0 fully saturated rings. The van der Waals surface area contributed by atoms with Crippen LogP contribution in [-0.4, -0.2) is 16.8 Å².